The van der Waals surface area contributed by atoms with E-state index < -0.39 is 31.0 Å². The monoisotopic (exact) mass is 492 g/mol. The van der Waals surface area contributed by atoms with E-state index in [4.69, 9.17) is 10.3 Å². The molecule has 0 aliphatic carbocycles. The van der Waals surface area contributed by atoms with Crippen molar-refractivity contribution in [1.29, 1.82) is 0 Å². The Labute approximate surface area is 190 Å². The zero-order valence-electron chi connectivity index (χ0n) is 17.1. The first-order valence-electron chi connectivity index (χ1n) is 9.21. The third-order valence-corrected chi connectivity index (χ3v) is 6.26. The lowest BCUT2D eigenvalue weighted by Crippen LogP contribution is -2.25. The van der Waals surface area contributed by atoms with Gasteiger partial charge in [-0.1, -0.05) is 0 Å². The summed E-state index contributed by atoms with van der Waals surface area (Å²) >= 11 is 0. The minimum absolute atomic E-state index is 0.131. The van der Waals surface area contributed by atoms with Crippen molar-refractivity contribution in [3.63, 3.8) is 0 Å². The molecule has 6 N–H and O–H groups in total. The summed E-state index contributed by atoms with van der Waals surface area (Å²) in [5.74, 6) is -0.599. The molecule has 11 nitrogen and oxygen atoms in total. The lowest BCUT2D eigenvalue weighted by Gasteiger charge is -2.23. The zero-order valence-corrected chi connectivity index (χ0v) is 18.8. The highest BCUT2D eigenvalue weighted by Crippen LogP contribution is 2.28. The Morgan fingerprint density at radius 1 is 0.879 bits per heavy atom. The van der Waals surface area contributed by atoms with Crippen LogP contribution in [-0.2, 0) is 20.2 Å². The number of hydrogen-bond donors (Lipinski definition) is 5. The number of rotatable bonds is 7. The van der Waals surface area contributed by atoms with Crippen molar-refractivity contribution in [2.75, 3.05) is 28.5 Å². The SMILES string of the molecule is CN(Nc1ccc(S(=O)(=O)O)cc1)c1ccc(NC(=O)c2ccc(N)cc2)c(S(=O)(=O)O)c1. The smallest absolute Gasteiger partial charge is 0.296 e. The molecule has 0 spiro atoms. The van der Waals surface area contributed by atoms with Gasteiger partial charge in [0.05, 0.1) is 22.0 Å². The summed E-state index contributed by atoms with van der Waals surface area (Å²) in [6, 6.07) is 15.1. The lowest BCUT2D eigenvalue weighted by molar-refractivity contribution is 0.102. The Morgan fingerprint density at radius 3 is 2.03 bits per heavy atom. The van der Waals surface area contributed by atoms with E-state index in [-0.39, 0.29) is 16.1 Å². The van der Waals surface area contributed by atoms with Crippen molar-refractivity contribution in [2.24, 2.45) is 0 Å². The molecule has 0 aromatic heterocycles. The number of nitrogens with two attached hydrogens (primary N) is 1. The van der Waals surface area contributed by atoms with Crippen molar-refractivity contribution in [3.05, 3.63) is 72.3 Å². The van der Waals surface area contributed by atoms with Crippen LogP contribution in [0.1, 0.15) is 10.4 Å². The maximum absolute atomic E-state index is 12.5. The van der Waals surface area contributed by atoms with Gasteiger partial charge in [-0.25, -0.2) is 0 Å². The van der Waals surface area contributed by atoms with E-state index in [0.717, 1.165) is 6.07 Å². The third kappa shape index (κ3) is 5.98. The van der Waals surface area contributed by atoms with Crippen molar-refractivity contribution in [3.8, 4) is 0 Å². The Morgan fingerprint density at radius 2 is 1.48 bits per heavy atom. The molecule has 0 aliphatic heterocycles. The average Bonchev–Trinajstić information content (AvgIpc) is 2.73. The molecular formula is C20H20N4O7S2. The van der Waals surface area contributed by atoms with E-state index >= 15 is 0 Å². The van der Waals surface area contributed by atoms with E-state index in [1.807, 2.05) is 0 Å². The molecule has 0 heterocycles. The number of amides is 1. The van der Waals surface area contributed by atoms with Gasteiger partial charge < -0.3 is 11.1 Å². The van der Waals surface area contributed by atoms with Gasteiger partial charge in [0, 0.05) is 18.3 Å². The molecule has 1 amide bonds. The molecule has 0 saturated heterocycles. The van der Waals surface area contributed by atoms with E-state index in [2.05, 4.69) is 10.7 Å². The number of carbonyl (C=O) groups is 1. The Hall–Kier alpha value is -3.65. The van der Waals surface area contributed by atoms with Crippen LogP contribution >= 0.6 is 0 Å². The van der Waals surface area contributed by atoms with Crippen LogP contribution in [0, 0.1) is 0 Å². The van der Waals surface area contributed by atoms with E-state index in [1.54, 1.807) is 7.05 Å². The molecule has 0 radical (unpaired) electrons. The molecule has 3 aromatic rings. The topological polar surface area (TPSA) is 179 Å². The number of nitrogens with zero attached hydrogens (tertiary/aromatic N) is 1. The van der Waals surface area contributed by atoms with Gasteiger partial charge >= 0.3 is 0 Å². The zero-order chi connectivity index (χ0) is 24.4. The van der Waals surface area contributed by atoms with Gasteiger partial charge in [0.2, 0.25) is 0 Å². The molecule has 0 atom stereocenters. The highest BCUT2D eigenvalue weighted by molar-refractivity contribution is 7.86. The number of benzene rings is 3. The molecule has 3 rings (SSSR count). The van der Waals surface area contributed by atoms with Crippen LogP contribution in [0.2, 0.25) is 0 Å². The van der Waals surface area contributed by atoms with Crippen molar-refractivity contribution in [1.82, 2.24) is 0 Å². The van der Waals surface area contributed by atoms with Crippen LogP contribution in [0.5, 0.6) is 0 Å². The fraction of sp³-hybridized carbons (Fsp3) is 0.0500. The first-order valence-corrected chi connectivity index (χ1v) is 12.1. The maximum Gasteiger partial charge on any atom is 0.296 e. The lowest BCUT2D eigenvalue weighted by atomic mass is 10.2. The normalized spacial score (nSPS) is 11.6. The van der Waals surface area contributed by atoms with Crippen LogP contribution < -0.4 is 21.5 Å². The predicted octanol–water partition coefficient (Wildman–Crippen LogP) is 2.48. The summed E-state index contributed by atoms with van der Waals surface area (Å²) in [5, 5.41) is 3.86. The van der Waals surface area contributed by atoms with Crippen molar-refractivity contribution < 1.29 is 30.7 Å². The van der Waals surface area contributed by atoms with Crippen molar-refractivity contribution >= 4 is 48.9 Å². The summed E-state index contributed by atoms with van der Waals surface area (Å²) in [4.78, 5) is 11.6. The Balaban J connectivity index is 1.85. The minimum atomic E-state index is -4.70. The molecule has 0 unspecified atom stereocenters. The number of hydrogen-bond acceptors (Lipinski definition) is 8. The van der Waals surface area contributed by atoms with E-state index in [1.165, 1.54) is 65.7 Å². The number of carbonyl (C=O) groups excluding carboxylic acids is 1. The van der Waals surface area contributed by atoms with Crippen LogP contribution in [0.3, 0.4) is 0 Å². The van der Waals surface area contributed by atoms with Crippen LogP contribution in [0.15, 0.2) is 76.5 Å². The molecule has 0 aliphatic rings. The standard InChI is InChI=1S/C20H20N4O7S2/c1-24(23-15-6-9-17(10-7-15)32(26,27)28)16-8-11-18(19(12-16)33(29,30)31)22-20(25)13-2-4-14(21)5-3-13/h2-12,23H,21H2,1H3,(H,22,25)(H,26,27,28)(H,29,30,31). The summed E-state index contributed by atoms with van der Waals surface area (Å²) in [7, 11) is -7.49. The van der Waals surface area contributed by atoms with Gasteiger partial charge in [-0.3, -0.25) is 24.3 Å². The second-order valence-corrected chi connectivity index (χ2v) is 9.71. The summed E-state index contributed by atoms with van der Waals surface area (Å²) < 4.78 is 64.9. The number of anilines is 4. The maximum atomic E-state index is 12.5. The van der Waals surface area contributed by atoms with Gasteiger partial charge in [-0.05, 0) is 66.7 Å². The van der Waals surface area contributed by atoms with Gasteiger partial charge in [-0.15, -0.1) is 0 Å². The van der Waals surface area contributed by atoms with E-state index in [9.17, 15) is 26.2 Å². The Kier molecular flexibility index (Phi) is 6.60. The van der Waals surface area contributed by atoms with Crippen molar-refractivity contribution in [2.45, 2.75) is 9.79 Å². The quantitative estimate of drug-likeness (QED) is 0.187. The average molecular weight is 493 g/mol. The molecule has 3 aromatic carbocycles. The van der Waals surface area contributed by atoms with Crippen LogP contribution in [0.4, 0.5) is 22.7 Å². The van der Waals surface area contributed by atoms with E-state index in [0.29, 0.717) is 17.1 Å². The summed E-state index contributed by atoms with van der Waals surface area (Å²) in [6.45, 7) is 0. The van der Waals surface area contributed by atoms with Gasteiger partial charge in [0.25, 0.3) is 26.1 Å². The molecular weight excluding hydrogens is 472 g/mol. The number of hydrazine groups is 1. The summed E-state index contributed by atoms with van der Waals surface area (Å²) in [5.41, 5.74) is 9.77. The molecule has 0 fully saturated rings. The second kappa shape index (κ2) is 9.07. The first-order chi connectivity index (χ1) is 15.3. The van der Waals surface area contributed by atoms with Crippen LogP contribution in [0.25, 0.3) is 0 Å². The molecule has 33 heavy (non-hydrogen) atoms. The highest BCUT2D eigenvalue weighted by atomic mass is 32.2. The molecule has 13 heteroatoms. The fourth-order valence-corrected chi connectivity index (χ4v) is 3.97. The molecule has 174 valence electrons. The van der Waals surface area contributed by atoms with Crippen LogP contribution in [-0.4, -0.2) is 38.9 Å². The highest BCUT2D eigenvalue weighted by Gasteiger charge is 2.20. The molecule has 0 saturated carbocycles. The predicted molar refractivity (Wildman–Crippen MR) is 123 cm³/mol. The third-order valence-electron chi connectivity index (χ3n) is 4.50. The second-order valence-electron chi connectivity index (χ2n) is 6.90. The number of nitrogen functional groups attached to an aromatic ring is 1. The first kappa shape index (κ1) is 24.0. The molecule has 0 bridgehead atoms. The summed E-state index contributed by atoms with van der Waals surface area (Å²) in [6.07, 6.45) is 0. The van der Waals surface area contributed by atoms with Gasteiger partial charge in [0.1, 0.15) is 4.90 Å². The largest absolute Gasteiger partial charge is 0.399 e. The number of nitrogens with one attached hydrogen (secondary N) is 2. The van der Waals surface area contributed by atoms with Gasteiger partial charge in [0.15, 0.2) is 0 Å². The fourth-order valence-electron chi connectivity index (χ4n) is 2.82. The minimum Gasteiger partial charge on any atom is -0.399 e. The van der Waals surface area contributed by atoms with Gasteiger partial charge in [-0.2, -0.15) is 16.8 Å². The Bertz CT molecular complexity index is 1390.